The predicted molar refractivity (Wildman–Crippen MR) is 84.2 cm³/mol. The molecule has 0 aliphatic carbocycles. The van der Waals surface area contributed by atoms with Gasteiger partial charge in [-0.05, 0) is 68.9 Å². The number of benzene rings is 1. The summed E-state index contributed by atoms with van der Waals surface area (Å²) in [5.41, 5.74) is 1.25. The first kappa shape index (κ1) is 16.0. The molecule has 0 heterocycles. The van der Waals surface area contributed by atoms with Crippen molar-refractivity contribution >= 4 is 31.9 Å². The average Bonchev–Trinajstić information content (AvgIpc) is 2.33. The smallest absolute Gasteiger partial charge is 0.147 e. The number of halogens is 2. The van der Waals surface area contributed by atoms with Crippen LogP contribution in [0.25, 0.3) is 0 Å². The first-order valence-electron chi connectivity index (χ1n) is 6.39. The van der Waals surface area contributed by atoms with Gasteiger partial charge >= 0.3 is 0 Å². The van der Waals surface area contributed by atoms with E-state index in [1.807, 2.05) is 6.92 Å². The summed E-state index contributed by atoms with van der Waals surface area (Å²) in [6, 6.07) is 4.22. The first-order chi connectivity index (χ1) is 8.58. The van der Waals surface area contributed by atoms with E-state index >= 15 is 0 Å². The van der Waals surface area contributed by atoms with Crippen LogP contribution in [0.2, 0.25) is 0 Å². The van der Waals surface area contributed by atoms with E-state index in [4.69, 9.17) is 4.74 Å². The lowest BCUT2D eigenvalue weighted by atomic mass is 10.1. The third-order valence-electron chi connectivity index (χ3n) is 2.87. The molecule has 2 nitrogen and oxygen atoms in total. The Hall–Kier alpha value is -0.0600. The maximum absolute atomic E-state index is 5.57. The number of nitrogens with one attached hydrogen (secondary N) is 1. The summed E-state index contributed by atoms with van der Waals surface area (Å²) in [6.07, 6.45) is 1.21. The van der Waals surface area contributed by atoms with Crippen molar-refractivity contribution in [3.63, 3.8) is 0 Å². The van der Waals surface area contributed by atoms with Crippen molar-refractivity contribution in [3.8, 4) is 5.75 Å². The second-order valence-electron chi connectivity index (χ2n) is 4.47. The molecular formula is C14H21Br2NO. The third-order valence-corrected chi connectivity index (χ3v) is 4.04. The van der Waals surface area contributed by atoms with Crippen LogP contribution >= 0.6 is 31.9 Å². The highest BCUT2D eigenvalue weighted by Crippen LogP contribution is 2.34. The fourth-order valence-electron chi connectivity index (χ4n) is 1.60. The van der Waals surface area contributed by atoms with Crippen LogP contribution in [0.1, 0.15) is 32.8 Å². The molecule has 1 aromatic rings. The largest absolute Gasteiger partial charge is 0.492 e. The molecule has 18 heavy (non-hydrogen) atoms. The van der Waals surface area contributed by atoms with Crippen LogP contribution in [0.15, 0.2) is 21.1 Å². The standard InChI is InChI=1S/C14H21Br2NO/c1-4-10(3)8-17-9-11-6-12(15)14(18-5-2)13(16)7-11/h6-7,10,17H,4-5,8-9H2,1-3H3. The molecule has 1 atom stereocenters. The summed E-state index contributed by atoms with van der Waals surface area (Å²) >= 11 is 7.10. The van der Waals surface area contributed by atoms with Crippen LogP contribution in [0.3, 0.4) is 0 Å². The molecule has 1 aromatic carbocycles. The van der Waals surface area contributed by atoms with Gasteiger partial charge in [-0.3, -0.25) is 0 Å². The van der Waals surface area contributed by atoms with E-state index in [9.17, 15) is 0 Å². The Morgan fingerprint density at radius 1 is 1.22 bits per heavy atom. The van der Waals surface area contributed by atoms with Gasteiger partial charge in [-0.15, -0.1) is 0 Å². The zero-order valence-electron chi connectivity index (χ0n) is 11.2. The van der Waals surface area contributed by atoms with Crippen LogP contribution < -0.4 is 10.1 Å². The second-order valence-corrected chi connectivity index (χ2v) is 6.17. The highest BCUT2D eigenvalue weighted by molar-refractivity contribution is 9.11. The van der Waals surface area contributed by atoms with Gasteiger partial charge in [0.05, 0.1) is 15.6 Å². The third kappa shape index (κ3) is 4.90. The average molecular weight is 379 g/mol. The van der Waals surface area contributed by atoms with E-state index in [0.717, 1.165) is 33.7 Å². The zero-order valence-corrected chi connectivity index (χ0v) is 14.4. The predicted octanol–water partition coefficient (Wildman–Crippen LogP) is 4.75. The van der Waals surface area contributed by atoms with Gasteiger partial charge in [0.1, 0.15) is 5.75 Å². The normalized spacial score (nSPS) is 12.5. The molecule has 1 rings (SSSR count). The van der Waals surface area contributed by atoms with Crippen molar-refractivity contribution in [1.29, 1.82) is 0 Å². The Balaban J connectivity index is 2.63. The van der Waals surface area contributed by atoms with Gasteiger partial charge < -0.3 is 10.1 Å². The van der Waals surface area contributed by atoms with E-state index in [-0.39, 0.29) is 0 Å². The summed E-state index contributed by atoms with van der Waals surface area (Å²) in [5, 5.41) is 3.48. The summed E-state index contributed by atoms with van der Waals surface area (Å²) in [7, 11) is 0. The highest BCUT2D eigenvalue weighted by Gasteiger charge is 2.08. The molecule has 0 radical (unpaired) electrons. The molecule has 4 heteroatoms. The quantitative estimate of drug-likeness (QED) is 0.739. The molecule has 0 spiro atoms. The Bertz CT molecular complexity index is 359. The minimum absolute atomic E-state index is 0.669. The Kier molecular flexibility index (Phi) is 7.27. The molecular weight excluding hydrogens is 358 g/mol. The Morgan fingerprint density at radius 2 is 1.83 bits per heavy atom. The van der Waals surface area contributed by atoms with Crippen LogP contribution in [0, 0.1) is 5.92 Å². The van der Waals surface area contributed by atoms with Crippen LogP contribution in [-0.2, 0) is 6.54 Å². The van der Waals surface area contributed by atoms with Crippen LogP contribution in [-0.4, -0.2) is 13.2 Å². The van der Waals surface area contributed by atoms with Crippen molar-refractivity contribution in [2.75, 3.05) is 13.2 Å². The molecule has 0 saturated carbocycles. The monoisotopic (exact) mass is 377 g/mol. The fourth-order valence-corrected chi connectivity index (χ4v) is 3.11. The lowest BCUT2D eigenvalue weighted by Gasteiger charge is -2.13. The van der Waals surface area contributed by atoms with Crippen LogP contribution in [0.5, 0.6) is 5.75 Å². The number of hydrogen-bond acceptors (Lipinski definition) is 2. The lowest BCUT2D eigenvalue weighted by Crippen LogP contribution is -2.20. The van der Waals surface area contributed by atoms with E-state index in [2.05, 4.69) is 63.2 Å². The van der Waals surface area contributed by atoms with Gasteiger partial charge in [-0.25, -0.2) is 0 Å². The highest BCUT2D eigenvalue weighted by atomic mass is 79.9. The minimum atomic E-state index is 0.669. The molecule has 0 amide bonds. The van der Waals surface area contributed by atoms with Crippen molar-refractivity contribution in [2.45, 2.75) is 33.7 Å². The molecule has 0 fully saturated rings. The molecule has 0 bridgehead atoms. The van der Waals surface area contributed by atoms with E-state index in [1.165, 1.54) is 12.0 Å². The topological polar surface area (TPSA) is 21.3 Å². The maximum atomic E-state index is 5.57. The van der Waals surface area contributed by atoms with Gasteiger partial charge in [-0.2, -0.15) is 0 Å². The molecule has 1 N–H and O–H groups in total. The van der Waals surface area contributed by atoms with Gasteiger partial charge in [0, 0.05) is 6.54 Å². The van der Waals surface area contributed by atoms with Crippen molar-refractivity contribution in [2.24, 2.45) is 5.92 Å². The van der Waals surface area contributed by atoms with Crippen molar-refractivity contribution in [3.05, 3.63) is 26.6 Å². The van der Waals surface area contributed by atoms with Gasteiger partial charge in [0.25, 0.3) is 0 Å². The summed E-state index contributed by atoms with van der Waals surface area (Å²) in [6.45, 7) is 9.07. The van der Waals surface area contributed by atoms with Crippen LogP contribution in [0.4, 0.5) is 0 Å². The molecule has 1 unspecified atom stereocenters. The summed E-state index contributed by atoms with van der Waals surface area (Å²) < 4.78 is 7.57. The lowest BCUT2D eigenvalue weighted by molar-refractivity contribution is 0.336. The SMILES string of the molecule is CCOc1c(Br)cc(CNCC(C)CC)cc1Br. The molecule has 0 saturated heterocycles. The van der Waals surface area contributed by atoms with Gasteiger partial charge in [-0.1, -0.05) is 20.3 Å². The number of ether oxygens (including phenoxy) is 1. The maximum Gasteiger partial charge on any atom is 0.147 e. The summed E-state index contributed by atoms with van der Waals surface area (Å²) in [5.74, 6) is 1.60. The minimum Gasteiger partial charge on any atom is -0.492 e. The Labute approximate surface area is 127 Å². The summed E-state index contributed by atoms with van der Waals surface area (Å²) in [4.78, 5) is 0. The van der Waals surface area contributed by atoms with E-state index in [0.29, 0.717) is 6.61 Å². The van der Waals surface area contributed by atoms with E-state index in [1.54, 1.807) is 0 Å². The number of rotatable bonds is 7. The molecule has 0 aromatic heterocycles. The second kappa shape index (κ2) is 8.18. The van der Waals surface area contributed by atoms with Gasteiger partial charge in [0.2, 0.25) is 0 Å². The van der Waals surface area contributed by atoms with Crippen molar-refractivity contribution < 1.29 is 4.74 Å². The van der Waals surface area contributed by atoms with Crippen molar-refractivity contribution in [1.82, 2.24) is 5.32 Å². The fraction of sp³-hybridized carbons (Fsp3) is 0.571. The molecule has 0 aliphatic rings. The molecule has 102 valence electrons. The zero-order chi connectivity index (χ0) is 13.5. The molecule has 0 aliphatic heterocycles. The first-order valence-corrected chi connectivity index (χ1v) is 7.98. The Morgan fingerprint density at radius 3 is 2.33 bits per heavy atom. The number of hydrogen-bond donors (Lipinski definition) is 1. The van der Waals surface area contributed by atoms with E-state index < -0.39 is 0 Å². The van der Waals surface area contributed by atoms with Gasteiger partial charge in [0.15, 0.2) is 0 Å².